The third kappa shape index (κ3) is 4.61. The molecule has 2 aromatic carbocycles. The van der Waals surface area contributed by atoms with Crippen molar-refractivity contribution in [1.82, 2.24) is 9.88 Å². The fourth-order valence-corrected chi connectivity index (χ4v) is 4.39. The first-order valence-electron chi connectivity index (χ1n) is 10.7. The number of nitrogens with two attached hydrogens (primary N) is 1. The average molecular weight is 421 g/mol. The molecule has 1 unspecified atom stereocenters. The molecule has 1 amide bonds. The molecule has 1 saturated heterocycles. The van der Waals surface area contributed by atoms with E-state index in [0.717, 1.165) is 36.1 Å². The van der Waals surface area contributed by atoms with Gasteiger partial charge >= 0.3 is 5.63 Å². The highest BCUT2D eigenvalue weighted by molar-refractivity contribution is 5.82. The maximum absolute atomic E-state index is 12.8. The van der Waals surface area contributed by atoms with Crippen molar-refractivity contribution in [2.45, 2.75) is 51.7 Å². The molecular formula is C24H28N4O3. The molecule has 4 rings (SSSR count). The first-order valence-corrected chi connectivity index (χ1v) is 10.7. The number of aryl methyl sites for hydroxylation is 1. The summed E-state index contributed by atoms with van der Waals surface area (Å²) >= 11 is 0. The molecular weight excluding hydrogens is 392 g/mol. The molecule has 0 spiro atoms. The Balaban J connectivity index is 1.58. The number of likely N-dealkylation sites (tertiary alicyclic amines) is 1. The highest BCUT2D eigenvalue weighted by atomic mass is 16.4. The summed E-state index contributed by atoms with van der Waals surface area (Å²) in [4.78, 5) is 31.0. The van der Waals surface area contributed by atoms with Crippen molar-refractivity contribution >= 4 is 22.8 Å². The van der Waals surface area contributed by atoms with E-state index in [1.165, 1.54) is 0 Å². The van der Waals surface area contributed by atoms with E-state index in [-0.39, 0.29) is 24.0 Å². The zero-order valence-electron chi connectivity index (χ0n) is 17.9. The van der Waals surface area contributed by atoms with Crippen LogP contribution in [0.15, 0.2) is 51.7 Å². The number of carbonyl (C=O) groups excluding carboxylic acids is 1. The van der Waals surface area contributed by atoms with Crippen LogP contribution in [0.3, 0.4) is 0 Å². The van der Waals surface area contributed by atoms with Gasteiger partial charge in [0.25, 0.3) is 6.01 Å². The number of anilines is 1. The van der Waals surface area contributed by atoms with Gasteiger partial charge in [-0.05, 0) is 56.0 Å². The lowest BCUT2D eigenvalue weighted by Gasteiger charge is -2.24. The van der Waals surface area contributed by atoms with Gasteiger partial charge in [-0.25, -0.2) is 4.79 Å². The fourth-order valence-electron chi connectivity index (χ4n) is 4.39. The van der Waals surface area contributed by atoms with Gasteiger partial charge in [0.1, 0.15) is 0 Å². The Hall–Kier alpha value is -3.19. The predicted molar refractivity (Wildman–Crippen MR) is 121 cm³/mol. The van der Waals surface area contributed by atoms with E-state index in [1.807, 2.05) is 56.3 Å². The molecule has 1 aromatic heterocycles. The third-order valence-corrected chi connectivity index (χ3v) is 6.12. The molecule has 0 saturated carbocycles. The summed E-state index contributed by atoms with van der Waals surface area (Å²) in [7, 11) is 0. The summed E-state index contributed by atoms with van der Waals surface area (Å²) in [5.74, 6) is -0.276. The Labute approximate surface area is 181 Å². The normalized spacial score (nSPS) is 17.7. The van der Waals surface area contributed by atoms with E-state index >= 15 is 0 Å². The van der Waals surface area contributed by atoms with E-state index in [0.29, 0.717) is 23.9 Å². The molecule has 2 heterocycles. The second-order valence-corrected chi connectivity index (χ2v) is 8.26. The van der Waals surface area contributed by atoms with Crippen molar-refractivity contribution in [3.05, 3.63) is 69.6 Å². The van der Waals surface area contributed by atoms with E-state index in [4.69, 9.17) is 10.2 Å². The van der Waals surface area contributed by atoms with Crippen LogP contribution in [0.2, 0.25) is 0 Å². The summed E-state index contributed by atoms with van der Waals surface area (Å²) in [6.45, 7) is 5.51. The second kappa shape index (κ2) is 8.89. The minimum absolute atomic E-state index is 0.0491. The lowest BCUT2D eigenvalue weighted by molar-refractivity contribution is -0.119. The molecule has 1 fully saturated rings. The number of nitrogens with zero attached hydrogens (tertiary/aromatic N) is 2. The smallest absolute Gasteiger partial charge is 0.348 e. The standard InChI is InChI=1S/C24H28N4O3/c1-15-18(14-28-12-6-9-19(28)13-21(25)29)10-11-20-22(15)23(30)31-24(27-20)26-16(2)17-7-4-3-5-8-17/h3-5,7-8,10-11,16,19H,6,9,12-14H2,1-2H3,(H2,25,29)(H,26,27)/t16-,19?/m0/s1. The van der Waals surface area contributed by atoms with Crippen LogP contribution in [0, 0.1) is 6.92 Å². The van der Waals surface area contributed by atoms with E-state index in [1.54, 1.807) is 0 Å². The zero-order chi connectivity index (χ0) is 22.0. The molecule has 1 aliphatic rings. The minimum Gasteiger partial charge on any atom is -0.389 e. The van der Waals surface area contributed by atoms with E-state index < -0.39 is 5.63 Å². The summed E-state index contributed by atoms with van der Waals surface area (Å²) in [6, 6.07) is 14.1. The van der Waals surface area contributed by atoms with Crippen LogP contribution in [-0.2, 0) is 11.3 Å². The molecule has 162 valence electrons. The number of carbonyl (C=O) groups is 1. The van der Waals surface area contributed by atoms with Gasteiger partial charge < -0.3 is 15.5 Å². The van der Waals surface area contributed by atoms with Gasteiger partial charge in [-0.3, -0.25) is 9.69 Å². The molecule has 1 aliphatic heterocycles. The number of hydrogen-bond acceptors (Lipinski definition) is 6. The maximum Gasteiger partial charge on any atom is 0.348 e. The van der Waals surface area contributed by atoms with Gasteiger partial charge in [0, 0.05) is 19.0 Å². The summed E-state index contributed by atoms with van der Waals surface area (Å²) < 4.78 is 5.51. The minimum atomic E-state index is -0.401. The van der Waals surface area contributed by atoms with Crippen LogP contribution < -0.4 is 16.7 Å². The van der Waals surface area contributed by atoms with E-state index in [2.05, 4.69) is 15.2 Å². The van der Waals surface area contributed by atoms with Crippen LogP contribution in [-0.4, -0.2) is 28.4 Å². The Morgan fingerprint density at radius 3 is 2.81 bits per heavy atom. The van der Waals surface area contributed by atoms with E-state index in [9.17, 15) is 9.59 Å². The lowest BCUT2D eigenvalue weighted by atomic mass is 10.0. The van der Waals surface area contributed by atoms with Crippen molar-refractivity contribution in [2.75, 3.05) is 11.9 Å². The summed E-state index contributed by atoms with van der Waals surface area (Å²) in [5.41, 5.74) is 8.59. The van der Waals surface area contributed by atoms with Gasteiger partial charge in [-0.1, -0.05) is 36.4 Å². The highest BCUT2D eigenvalue weighted by Gasteiger charge is 2.26. The van der Waals surface area contributed by atoms with Crippen LogP contribution in [0.4, 0.5) is 6.01 Å². The molecule has 7 nitrogen and oxygen atoms in total. The first kappa shape index (κ1) is 21.1. The molecule has 7 heteroatoms. The van der Waals surface area contributed by atoms with Crippen LogP contribution in [0.25, 0.3) is 10.9 Å². The van der Waals surface area contributed by atoms with Crippen molar-refractivity contribution in [3.63, 3.8) is 0 Å². The van der Waals surface area contributed by atoms with Gasteiger partial charge in [0.15, 0.2) is 0 Å². The Morgan fingerprint density at radius 2 is 2.06 bits per heavy atom. The summed E-state index contributed by atoms with van der Waals surface area (Å²) in [6.07, 6.45) is 2.38. The summed E-state index contributed by atoms with van der Waals surface area (Å²) in [5, 5.41) is 3.68. The fraction of sp³-hybridized carbons (Fsp3) is 0.375. The molecule has 3 aromatic rings. The van der Waals surface area contributed by atoms with Crippen LogP contribution in [0.1, 0.15) is 48.9 Å². The molecule has 31 heavy (non-hydrogen) atoms. The molecule has 0 aliphatic carbocycles. The number of rotatable bonds is 7. The largest absolute Gasteiger partial charge is 0.389 e. The number of aromatic nitrogens is 1. The Kier molecular flexibility index (Phi) is 6.04. The first-order chi connectivity index (χ1) is 14.9. The second-order valence-electron chi connectivity index (χ2n) is 8.26. The lowest BCUT2D eigenvalue weighted by Crippen LogP contribution is -2.33. The monoisotopic (exact) mass is 420 g/mol. The SMILES string of the molecule is Cc1c(CN2CCCC2CC(N)=O)ccc2nc(N[C@@H](C)c3ccccc3)oc(=O)c12. The number of nitrogens with one attached hydrogen (secondary N) is 1. The third-order valence-electron chi connectivity index (χ3n) is 6.12. The number of hydrogen-bond donors (Lipinski definition) is 2. The van der Waals surface area contributed by atoms with Gasteiger partial charge in [0.05, 0.1) is 16.9 Å². The van der Waals surface area contributed by atoms with Crippen molar-refractivity contribution in [2.24, 2.45) is 5.73 Å². The topological polar surface area (TPSA) is 101 Å². The van der Waals surface area contributed by atoms with Crippen molar-refractivity contribution in [3.8, 4) is 0 Å². The number of amides is 1. The number of primary amides is 1. The van der Waals surface area contributed by atoms with Gasteiger partial charge in [0.2, 0.25) is 5.91 Å². The number of fused-ring (bicyclic) bond motifs is 1. The Bertz CT molecular complexity index is 1140. The van der Waals surface area contributed by atoms with Crippen LogP contribution in [0.5, 0.6) is 0 Å². The molecule has 0 radical (unpaired) electrons. The van der Waals surface area contributed by atoms with Gasteiger partial charge in [-0.2, -0.15) is 4.98 Å². The van der Waals surface area contributed by atoms with Crippen LogP contribution >= 0.6 is 0 Å². The maximum atomic E-state index is 12.8. The van der Waals surface area contributed by atoms with Crippen molar-refractivity contribution in [1.29, 1.82) is 0 Å². The molecule has 2 atom stereocenters. The number of benzene rings is 2. The molecule has 3 N–H and O–H groups in total. The Morgan fingerprint density at radius 1 is 1.29 bits per heavy atom. The van der Waals surface area contributed by atoms with Gasteiger partial charge in [-0.15, -0.1) is 0 Å². The highest BCUT2D eigenvalue weighted by Crippen LogP contribution is 2.26. The molecule has 0 bridgehead atoms. The zero-order valence-corrected chi connectivity index (χ0v) is 17.9. The average Bonchev–Trinajstić information content (AvgIpc) is 3.16. The quantitative estimate of drug-likeness (QED) is 0.607. The van der Waals surface area contributed by atoms with Crippen molar-refractivity contribution < 1.29 is 9.21 Å². The predicted octanol–water partition coefficient (Wildman–Crippen LogP) is 3.51.